The van der Waals surface area contributed by atoms with Crippen LogP contribution in [0.1, 0.15) is 56.1 Å². The minimum Gasteiger partial charge on any atom is -0.423 e. The number of rotatable bonds is 5. The van der Waals surface area contributed by atoms with Crippen LogP contribution in [0, 0.1) is 17.8 Å². The zero-order valence-corrected chi connectivity index (χ0v) is 19.9. The summed E-state index contributed by atoms with van der Waals surface area (Å²) in [7, 11) is 0. The van der Waals surface area contributed by atoms with Gasteiger partial charge < -0.3 is 14.6 Å². The van der Waals surface area contributed by atoms with Gasteiger partial charge in [-0.25, -0.2) is 4.79 Å². The third-order valence-electron chi connectivity index (χ3n) is 7.29. The van der Waals surface area contributed by atoms with Gasteiger partial charge in [0.2, 0.25) is 0 Å². The summed E-state index contributed by atoms with van der Waals surface area (Å²) < 4.78 is 5.58. The Morgan fingerprint density at radius 1 is 0.941 bits per heavy atom. The smallest absolute Gasteiger partial charge is 0.337 e. The highest BCUT2D eigenvalue weighted by atomic mass is 16.4. The maximum absolute atomic E-state index is 12.2. The van der Waals surface area contributed by atoms with Crippen LogP contribution in [0.25, 0.3) is 11.0 Å². The van der Waals surface area contributed by atoms with E-state index in [1.807, 2.05) is 6.07 Å². The second-order valence-electron chi connectivity index (χ2n) is 9.71. The summed E-state index contributed by atoms with van der Waals surface area (Å²) in [4.78, 5) is 14.6. The molecule has 4 nitrogen and oxygen atoms in total. The van der Waals surface area contributed by atoms with Crippen LogP contribution in [0.15, 0.2) is 63.8 Å². The van der Waals surface area contributed by atoms with E-state index in [0.29, 0.717) is 17.5 Å². The van der Waals surface area contributed by atoms with E-state index in [9.17, 15) is 4.79 Å². The predicted molar refractivity (Wildman–Crippen MR) is 139 cm³/mol. The number of hydrogen-bond acceptors (Lipinski definition) is 4. The monoisotopic (exact) mass is 454 g/mol. The average Bonchev–Trinajstić information content (AvgIpc) is 2.88. The summed E-state index contributed by atoms with van der Waals surface area (Å²) in [6.07, 6.45) is 9.49. The second kappa shape index (κ2) is 10.9. The van der Waals surface area contributed by atoms with Crippen LogP contribution in [0.5, 0.6) is 0 Å². The first kappa shape index (κ1) is 22.7. The van der Waals surface area contributed by atoms with E-state index in [4.69, 9.17) is 4.42 Å². The highest BCUT2D eigenvalue weighted by Crippen LogP contribution is 2.27. The Kier molecular flexibility index (Phi) is 7.31. The molecule has 0 atom stereocenters. The minimum atomic E-state index is -0.320. The highest BCUT2D eigenvalue weighted by molar-refractivity contribution is 5.86. The van der Waals surface area contributed by atoms with Crippen LogP contribution >= 0.6 is 0 Å². The van der Waals surface area contributed by atoms with Gasteiger partial charge >= 0.3 is 5.63 Å². The van der Waals surface area contributed by atoms with E-state index >= 15 is 0 Å². The fourth-order valence-corrected chi connectivity index (χ4v) is 5.29. The van der Waals surface area contributed by atoms with Gasteiger partial charge in [-0.05, 0) is 56.3 Å². The Bertz CT molecular complexity index is 1210. The van der Waals surface area contributed by atoms with Gasteiger partial charge in [0.25, 0.3) is 0 Å². The molecule has 0 unspecified atom stereocenters. The Morgan fingerprint density at radius 2 is 1.74 bits per heavy atom. The second-order valence-corrected chi connectivity index (χ2v) is 9.71. The van der Waals surface area contributed by atoms with E-state index in [0.717, 1.165) is 55.5 Å². The molecule has 2 fully saturated rings. The van der Waals surface area contributed by atoms with Crippen molar-refractivity contribution < 1.29 is 4.42 Å². The number of nitrogens with zero attached hydrogens (tertiary/aromatic N) is 1. The van der Waals surface area contributed by atoms with Crippen LogP contribution in [0.2, 0.25) is 0 Å². The molecule has 2 heterocycles. The van der Waals surface area contributed by atoms with Crippen molar-refractivity contribution >= 4 is 16.7 Å². The summed E-state index contributed by atoms with van der Waals surface area (Å²) in [5.74, 6) is 7.18. The summed E-state index contributed by atoms with van der Waals surface area (Å²) in [5, 5.41) is 4.66. The SMILES string of the molecule is O=c1cc(C#CC2CCCCC2)c2ccc(N3CCC(NCCc4ccccc4)CC3)cc2o1. The van der Waals surface area contributed by atoms with Gasteiger partial charge in [-0.3, -0.25) is 0 Å². The standard InChI is InChI=1S/C30H34N2O2/c33-30-21-25(12-11-23-7-3-1-4-8-23)28-14-13-27(22-29(28)34-30)32-19-16-26(17-20-32)31-18-15-24-9-5-2-6-10-24/h2,5-6,9-10,13-14,21-23,26,31H,1,3-4,7-8,15-20H2. The Labute approximate surface area is 202 Å². The van der Waals surface area contributed by atoms with Crippen LogP contribution in [0.4, 0.5) is 5.69 Å². The van der Waals surface area contributed by atoms with Crippen molar-refractivity contribution in [2.75, 3.05) is 24.5 Å². The zero-order chi connectivity index (χ0) is 23.2. The number of hydrogen-bond donors (Lipinski definition) is 1. The number of anilines is 1. The molecule has 1 N–H and O–H groups in total. The fourth-order valence-electron chi connectivity index (χ4n) is 5.29. The molecule has 2 aromatic carbocycles. The Morgan fingerprint density at radius 3 is 2.53 bits per heavy atom. The molecule has 5 rings (SSSR count). The summed E-state index contributed by atoms with van der Waals surface area (Å²) >= 11 is 0. The first-order valence-electron chi connectivity index (χ1n) is 12.9. The maximum Gasteiger partial charge on any atom is 0.337 e. The molecule has 4 heteroatoms. The molecule has 1 aliphatic heterocycles. The molecule has 2 aliphatic rings. The Balaban J connectivity index is 1.22. The Hall–Kier alpha value is -3.03. The minimum absolute atomic E-state index is 0.320. The largest absolute Gasteiger partial charge is 0.423 e. The molecule has 34 heavy (non-hydrogen) atoms. The number of fused-ring (bicyclic) bond motifs is 1. The van der Waals surface area contributed by atoms with Crippen molar-refractivity contribution in [3.8, 4) is 11.8 Å². The normalized spacial score (nSPS) is 17.5. The molecule has 1 aliphatic carbocycles. The van der Waals surface area contributed by atoms with Gasteiger partial charge in [-0.2, -0.15) is 0 Å². The van der Waals surface area contributed by atoms with E-state index in [2.05, 4.69) is 64.5 Å². The van der Waals surface area contributed by atoms with Crippen molar-refractivity contribution in [2.24, 2.45) is 5.92 Å². The van der Waals surface area contributed by atoms with Crippen molar-refractivity contribution in [3.05, 3.63) is 76.1 Å². The quantitative estimate of drug-likeness (QED) is 0.407. The van der Waals surface area contributed by atoms with Gasteiger partial charge in [0.05, 0.1) is 0 Å². The first-order valence-corrected chi connectivity index (χ1v) is 12.9. The van der Waals surface area contributed by atoms with Gasteiger partial charge in [0.1, 0.15) is 5.58 Å². The predicted octanol–water partition coefficient (Wildman–Crippen LogP) is 5.53. The van der Waals surface area contributed by atoms with Crippen LogP contribution < -0.4 is 15.8 Å². The summed E-state index contributed by atoms with van der Waals surface area (Å²) in [6.45, 7) is 3.01. The molecular formula is C30H34N2O2. The lowest BCUT2D eigenvalue weighted by Crippen LogP contribution is -2.43. The fraction of sp³-hybridized carbons (Fsp3) is 0.433. The van der Waals surface area contributed by atoms with Gasteiger partial charge in [0.15, 0.2) is 0 Å². The molecular weight excluding hydrogens is 420 g/mol. The van der Waals surface area contributed by atoms with Gasteiger partial charge in [-0.1, -0.05) is 61.4 Å². The van der Waals surface area contributed by atoms with Crippen LogP contribution in [-0.4, -0.2) is 25.7 Å². The summed E-state index contributed by atoms with van der Waals surface area (Å²) in [6, 6.07) is 19.0. The average molecular weight is 455 g/mol. The molecule has 0 spiro atoms. The van der Waals surface area contributed by atoms with Crippen molar-refractivity contribution in [1.82, 2.24) is 5.32 Å². The molecule has 176 valence electrons. The lowest BCUT2D eigenvalue weighted by Gasteiger charge is -2.34. The molecule has 0 amide bonds. The zero-order valence-electron chi connectivity index (χ0n) is 19.9. The number of piperidine rings is 1. The number of nitrogens with one attached hydrogen (secondary N) is 1. The van der Waals surface area contributed by atoms with Gasteiger partial charge in [-0.15, -0.1) is 0 Å². The van der Waals surface area contributed by atoms with Gasteiger partial charge in [0, 0.05) is 53.8 Å². The lowest BCUT2D eigenvalue weighted by molar-refractivity contribution is 0.417. The van der Waals surface area contributed by atoms with Crippen LogP contribution in [0.3, 0.4) is 0 Å². The highest BCUT2D eigenvalue weighted by Gasteiger charge is 2.20. The molecule has 1 saturated carbocycles. The topological polar surface area (TPSA) is 45.5 Å². The van der Waals surface area contributed by atoms with E-state index in [-0.39, 0.29) is 5.63 Å². The van der Waals surface area contributed by atoms with Crippen molar-refractivity contribution in [2.45, 2.75) is 57.4 Å². The lowest BCUT2D eigenvalue weighted by atomic mass is 9.89. The third kappa shape index (κ3) is 5.72. The van der Waals surface area contributed by atoms with Crippen LogP contribution in [-0.2, 0) is 6.42 Å². The van der Waals surface area contributed by atoms with Crippen molar-refractivity contribution in [3.63, 3.8) is 0 Å². The maximum atomic E-state index is 12.2. The molecule has 1 saturated heterocycles. The van der Waals surface area contributed by atoms with E-state index in [1.165, 1.54) is 37.7 Å². The van der Waals surface area contributed by atoms with E-state index in [1.54, 1.807) is 6.07 Å². The van der Waals surface area contributed by atoms with E-state index < -0.39 is 0 Å². The third-order valence-corrected chi connectivity index (χ3v) is 7.29. The first-order chi connectivity index (χ1) is 16.7. The summed E-state index contributed by atoms with van der Waals surface area (Å²) in [5.41, 5.74) is 3.62. The molecule has 3 aromatic rings. The molecule has 0 radical (unpaired) electrons. The number of benzene rings is 2. The molecule has 1 aromatic heterocycles. The van der Waals surface area contributed by atoms with Crippen molar-refractivity contribution in [1.29, 1.82) is 0 Å². The molecule has 0 bridgehead atoms.